The van der Waals surface area contributed by atoms with Crippen molar-refractivity contribution in [2.75, 3.05) is 0 Å². The van der Waals surface area contributed by atoms with Gasteiger partial charge in [-0.1, -0.05) is 53.7 Å². The predicted octanol–water partition coefficient (Wildman–Crippen LogP) is 5.56. The van der Waals surface area contributed by atoms with Gasteiger partial charge in [0.2, 0.25) is 0 Å². The van der Waals surface area contributed by atoms with Gasteiger partial charge in [-0.05, 0) is 54.8 Å². The Hall–Kier alpha value is -3.84. The Labute approximate surface area is 197 Å². The fraction of sp³-hybridized carbons (Fsp3) is 0.111. The summed E-state index contributed by atoms with van der Waals surface area (Å²) in [4.78, 5) is 27.4. The van der Waals surface area contributed by atoms with E-state index in [0.717, 1.165) is 33.3 Å². The van der Waals surface area contributed by atoms with Gasteiger partial charge in [0, 0.05) is 10.3 Å². The first-order chi connectivity index (χ1) is 16.4. The third-order valence-electron chi connectivity index (χ3n) is 6.29. The third kappa shape index (κ3) is 3.08. The Morgan fingerprint density at radius 2 is 1.82 bits per heavy atom. The Balaban J connectivity index is 1.64. The summed E-state index contributed by atoms with van der Waals surface area (Å²) in [6.45, 7) is 1.93. The van der Waals surface area contributed by atoms with E-state index in [-0.39, 0.29) is 33.5 Å². The van der Waals surface area contributed by atoms with E-state index in [2.05, 4.69) is 0 Å². The molecule has 3 aromatic carbocycles. The quantitative estimate of drug-likeness (QED) is 0.349. The third-order valence-corrected chi connectivity index (χ3v) is 7.34. The molecule has 2 aromatic heterocycles. The first kappa shape index (κ1) is 20.7. The lowest BCUT2D eigenvalue weighted by atomic mass is 10.0. The molecule has 168 valence electrons. The normalized spacial score (nSPS) is 14.8. The standard InChI is InChI=1S/C27H18FNO4S/c1-14-4-2-6-18(12-14)34-25-23(30)21-24(33-27(25)32)19-7-3-5-16-13-20(29(22(16)19)26(21)31)15-8-10-17(28)11-9-15/h2-12,20,30H,13H2,1H3. The zero-order valence-corrected chi connectivity index (χ0v) is 18.9. The molecular weight excluding hydrogens is 453 g/mol. The molecule has 0 spiro atoms. The number of aromatic nitrogens is 1. The van der Waals surface area contributed by atoms with Gasteiger partial charge in [0.1, 0.15) is 16.1 Å². The highest BCUT2D eigenvalue weighted by Crippen LogP contribution is 2.41. The summed E-state index contributed by atoms with van der Waals surface area (Å²) in [5.74, 6) is -0.740. The number of nitrogens with zero attached hydrogens (tertiary/aromatic N) is 1. The number of para-hydroxylation sites is 1. The van der Waals surface area contributed by atoms with Crippen molar-refractivity contribution < 1.29 is 13.9 Å². The summed E-state index contributed by atoms with van der Waals surface area (Å²) in [6, 6.07) is 18.7. The molecule has 1 aliphatic rings. The number of rotatable bonds is 3. The highest BCUT2D eigenvalue weighted by Gasteiger charge is 2.31. The molecule has 0 saturated heterocycles. The van der Waals surface area contributed by atoms with E-state index in [1.165, 1.54) is 12.1 Å². The van der Waals surface area contributed by atoms with Gasteiger partial charge >= 0.3 is 5.63 Å². The van der Waals surface area contributed by atoms with Gasteiger partial charge in [0.15, 0.2) is 11.3 Å². The van der Waals surface area contributed by atoms with Crippen LogP contribution in [0.4, 0.5) is 4.39 Å². The van der Waals surface area contributed by atoms with Gasteiger partial charge in [-0.15, -0.1) is 0 Å². The molecule has 0 bridgehead atoms. The Morgan fingerprint density at radius 1 is 1.06 bits per heavy atom. The van der Waals surface area contributed by atoms with Gasteiger partial charge in [-0.2, -0.15) is 0 Å². The summed E-state index contributed by atoms with van der Waals surface area (Å²) >= 11 is 1.06. The predicted molar refractivity (Wildman–Crippen MR) is 129 cm³/mol. The lowest BCUT2D eigenvalue weighted by molar-refractivity contribution is 0.446. The molecule has 1 N–H and O–H groups in total. The van der Waals surface area contributed by atoms with Crippen molar-refractivity contribution in [2.45, 2.75) is 29.2 Å². The molecule has 34 heavy (non-hydrogen) atoms. The molecule has 0 radical (unpaired) electrons. The van der Waals surface area contributed by atoms with E-state index in [9.17, 15) is 19.1 Å². The van der Waals surface area contributed by atoms with Gasteiger partial charge in [0.05, 0.1) is 11.6 Å². The lowest BCUT2D eigenvalue weighted by Gasteiger charge is -2.17. The van der Waals surface area contributed by atoms with E-state index in [4.69, 9.17) is 4.42 Å². The minimum atomic E-state index is -0.699. The van der Waals surface area contributed by atoms with Crippen LogP contribution in [0.3, 0.4) is 0 Å². The number of fused-ring (bicyclic) bond motifs is 2. The molecule has 1 aliphatic heterocycles. The first-order valence-electron chi connectivity index (χ1n) is 10.8. The number of pyridine rings is 1. The number of hydrogen-bond acceptors (Lipinski definition) is 5. The van der Waals surface area contributed by atoms with E-state index >= 15 is 0 Å². The Bertz CT molecular complexity index is 1740. The average Bonchev–Trinajstić information content (AvgIpc) is 3.21. The van der Waals surface area contributed by atoms with Crippen molar-refractivity contribution >= 4 is 33.6 Å². The molecule has 5 nitrogen and oxygen atoms in total. The SMILES string of the molecule is Cc1cccc(Sc2c(O)c3c(=O)n4c5c(cccc5c3oc2=O)CC4c2ccc(F)cc2)c1. The molecule has 6 rings (SSSR count). The van der Waals surface area contributed by atoms with E-state index in [0.29, 0.717) is 17.3 Å². The largest absolute Gasteiger partial charge is 0.505 e. The van der Waals surface area contributed by atoms with Crippen LogP contribution in [-0.2, 0) is 6.42 Å². The summed E-state index contributed by atoms with van der Waals surface area (Å²) in [5, 5.41) is 11.7. The second kappa shape index (κ2) is 7.60. The maximum absolute atomic E-state index is 13.8. The van der Waals surface area contributed by atoms with Crippen LogP contribution >= 0.6 is 11.8 Å². The van der Waals surface area contributed by atoms with Gasteiger partial charge in [-0.25, -0.2) is 9.18 Å². The molecule has 3 heterocycles. The van der Waals surface area contributed by atoms with Crippen LogP contribution in [0.2, 0.25) is 0 Å². The van der Waals surface area contributed by atoms with Crippen LogP contribution in [-0.4, -0.2) is 9.67 Å². The molecule has 5 aromatic rings. The summed E-state index contributed by atoms with van der Waals surface area (Å²) in [6.07, 6.45) is 0.532. The van der Waals surface area contributed by atoms with E-state index in [1.54, 1.807) is 22.8 Å². The summed E-state index contributed by atoms with van der Waals surface area (Å²) < 4.78 is 20.8. The lowest BCUT2D eigenvalue weighted by Crippen LogP contribution is -2.24. The second-order valence-corrected chi connectivity index (χ2v) is 9.53. The van der Waals surface area contributed by atoms with Crippen molar-refractivity contribution in [3.8, 4) is 5.75 Å². The van der Waals surface area contributed by atoms with Crippen LogP contribution in [0.1, 0.15) is 22.7 Å². The van der Waals surface area contributed by atoms with E-state index in [1.807, 2.05) is 43.3 Å². The summed E-state index contributed by atoms with van der Waals surface area (Å²) in [5.41, 5.74) is 2.30. The Kier molecular flexibility index (Phi) is 4.64. The van der Waals surface area contributed by atoms with Crippen LogP contribution in [0, 0.1) is 12.7 Å². The monoisotopic (exact) mass is 471 g/mol. The fourth-order valence-corrected chi connectivity index (χ4v) is 5.73. The zero-order valence-electron chi connectivity index (χ0n) is 18.0. The smallest absolute Gasteiger partial charge is 0.354 e. The molecule has 0 saturated carbocycles. The molecule has 0 aliphatic carbocycles. The van der Waals surface area contributed by atoms with Gasteiger partial charge in [0.25, 0.3) is 5.56 Å². The van der Waals surface area contributed by atoms with Crippen LogP contribution < -0.4 is 11.2 Å². The number of hydrogen-bond donors (Lipinski definition) is 1. The number of aryl methyl sites for hydroxylation is 1. The van der Waals surface area contributed by atoms with Gasteiger partial charge < -0.3 is 9.52 Å². The Morgan fingerprint density at radius 3 is 2.59 bits per heavy atom. The van der Waals surface area contributed by atoms with Crippen molar-refractivity contribution in [3.63, 3.8) is 0 Å². The number of benzene rings is 3. The van der Waals surface area contributed by atoms with E-state index < -0.39 is 11.2 Å². The molecule has 0 fully saturated rings. The summed E-state index contributed by atoms with van der Waals surface area (Å²) in [7, 11) is 0. The van der Waals surface area contributed by atoms with Gasteiger partial charge in [-0.3, -0.25) is 9.36 Å². The molecule has 0 amide bonds. The average molecular weight is 472 g/mol. The fourth-order valence-electron chi connectivity index (χ4n) is 4.78. The number of aromatic hydroxyl groups is 1. The maximum atomic E-state index is 13.8. The van der Waals surface area contributed by atoms with Crippen molar-refractivity contribution in [2.24, 2.45) is 0 Å². The number of halogens is 1. The maximum Gasteiger partial charge on any atom is 0.354 e. The zero-order chi connectivity index (χ0) is 23.6. The topological polar surface area (TPSA) is 72.4 Å². The minimum absolute atomic E-state index is 0.0326. The molecule has 1 atom stereocenters. The highest BCUT2D eigenvalue weighted by atomic mass is 32.2. The molecule has 7 heteroatoms. The minimum Gasteiger partial charge on any atom is -0.505 e. The van der Waals surface area contributed by atoms with Crippen LogP contribution in [0.25, 0.3) is 21.9 Å². The molecule has 1 unspecified atom stereocenters. The first-order valence-corrected chi connectivity index (χ1v) is 11.6. The van der Waals surface area contributed by atoms with Crippen LogP contribution in [0.15, 0.2) is 90.5 Å². The van der Waals surface area contributed by atoms with Crippen molar-refractivity contribution in [3.05, 3.63) is 110 Å². The van der Waals surface area contributed by atoms with Crippen molar-refractivity contribution in [1.29, 1.82) is 0 Å². The second-order valence-electron chi connectivity index (χ2n) is 8.45. The van der Waals surface area contributed by atoms with Crippen molar-refractivity contribution in [1.82, 2.24) is 4.57 Å². The highest BCUT2D eigenvalue weighted by molar-refractivity contribution is 7.99. The van der Waals surface area contributed by atoms with Crippen LogP contribution in [0.5, 0.6) is 5.75 Å². The molecular formula is C27H18FNO4S.